The van der Waals surface area contributed by atoms with Crippen molar-refractivity contribution in [1.82, 2.24) is 4.98 Å². The van der Waals surface area contributed by atoms with Crippen LogP contribution >= 0.6 is 15.9 Å². The van der Waals surface area contributed by atoms with Crippen LogP contribution in [0.3, 0.4) is 0 Å². The molecule has 31 heavy (non-hydrogen) atoms. The third kappa shape index (κ3) is 5.43. The molecule has 0 bridgehead atoms. The van der Waals surface area contributed by atoms with Crippen LogP contribution < -0.4 is 14.8 Å². The minimum atomic E-state index is -0.608. The van der Waals surface area contributed by atoms with Crippen LogP contribution in [0, 0.1) is 0 Å². The Morgan fingerprint density at radius 2 is 1.74 bits per heavy atom. The number of carbonyl (C=O) groups excluding carboxylic acids is 2. The van der Waals surface area contributed by atoms with Crippen molar-refractivity contribution in [2.45, 2.75) is 12.8 Å². The number of benzene rings is 2. The Kier molecular flexibility index (Phi) is 7.30. The fraction of sp³-hybridized carbons (Fsp3) is 0.227. The number of rotatable bonds is 8. The highest BCUT2D eigenvalue weighted by Gasteiger charge is 2.19. The molecule has 0 radical (unpaired) electrons. The second-order valence-electron chi connectivity index (χ2n) is 6.42. The van der Waals surface area contributed by atoms with Gasteiger partial charge in [-0.05, 0) is 12.1 Å². The average Bonchev–Trinajstić information content (AvgIpc) is 3.26. The van der Waals surface area contributed by atoms with Crippen molar-refractivity contribution in [2.24, 2.45) is 0 Å². The van der Waals surface area contributed by atoms with Gasteiger partial charge in [0.1, 0.15) is 0 Å². The Bertz CT molecular complexity index is 1080. The van der Waals surface area contributed by atoms with Gasteiger partial charge in [0, 0.05) is 35.0 Å². The SMILES string of the molecule is COC(=O)c1cc(OC)c(OC)cc1NC(=O)CCc1ncc(-c2ccc(Br)cc2)o1. The molecular formula is C22H21BrN2O6. The van der Waals surface area contributed by atoms with Crippen molar-refractivity contribution in [3.8, 4) is 22.8 Å². The third-order valence-electron chi connectivity index (χ3n) is 4.45. The number of esters is 1. The van der Waals surface area contributed by atoms with E-state index in [-0.39, 0.29) is 23.6 Å². The summed E-state index contributed by atoms with van der Waals surface area (Å²) < 4.78 is 22.0. The first kappa shape index (κ1) is 22.4. The van der Waals surface area contributed by atoms with Gasteiger partial charge >= 0.3 is 5.97 Å². The third-order valence-corrected chi connectivity index (χ3v) is 4.98. The molecule has 0 unspecified atom stereocenters. The van der Waals surface area contributed by atoms with E-state index in [4.69, 9.17) is 18.6 Å². The number of amides is 1. The molecule has 0 spiro atoms. The molecule has 3 rings (SSSR count). The summed E-state index contributed by atoms with van der Waals surface area (Å²) in [7, 11) is 4.18. The van der Waals surface area contributed by atoms with Gasteiger partial charge in [0.2, 0.25) is 5.91 Å². The number of hydrogen-bond acceptors (Lipinski definition) is 7. The van der Waals surface area contributed by atoms with Gasteiger partial charge in [-0.15, -0.1) is 0 Å². The summed E-state index contributed by atoms with van der Waals surface area (Å²) in [5.41, 5.74) is 1.30. The number of methoxy groups -OCH3 is 3. The molecule has 1 aromatic heterocycles. The van der Waals surface area contributed by atoms with Gasteiger partial charge in [-0.25, -0.2) is 9.78 Å². The molecule has 0 fully saturated rings. The minimum absolute atomic E-state index is 0.106. The summed E-state index contributed by atoms with van der Waals surface area (Å²) in [6.45, 7) is 0. The van der Waals surface area contributed by atoms with Crippen LogP contribution in [0.15, 0.2) is 51.5 Å². The smallest absolute Gasteiger partial charge is 0.340 e. The zero-order valence-electron chi connectivity index (χ0n) is 17.2. The van der Waals surface area contributed by atoms with Gasteiger partial charge in [-0.2, -0.15) is 0 Å². The summed E-state index contributed by atoms with van der Waals surface area (Å²) >= 11 is 3.39. The van der Waals surface area contributed by atoms with Gasteiger partial charge < -0.3 is 23.9 Å². The minimum Gasteiger partial charge on any atom is -0.493 e. The number of carbonyl (C=O) groups is 2. The van der Waals surface area contributed by atoms with Crippen molar-refractivity contribution >= 4 is 33.5 Å². The van der Waals surface area contributed by atoms with E-state index in [0.717, 1.165) is 10.0 Å². The maximum Gasteiger partial charge on any atom is 0.340 e. The molecule has 8 nitrogen and oxygen atoms in total. The number of oxazole rings is 1. The van der Waals surface area contributed by atoms with Crippen molar-refractivity contribution in [2.75, 3.05) is 26.6 Å². The fourth-order valence-electron chi connectivity index (χ4n) is 2.87. The number of hydrogen-bond donors (Lipinski definition) is 1. The maximum atomic E-state index is 12.5. The Hall–Kier alpha value is -3.33. The topological polar surface area (TPSA) is 99.9 Å². The van der Waals surface area contributed by atoms with E-state index in [1.54, 1.807) is 6.20 Å². The quantitative estimate of drug-likeness (QED) is 0.466. The predicted octanol–water partition coefficient (Wildman–Crippen LogP) is 4.48. The first-order valence-electron chi connectivity index (χ1n) is 9.30. The second-order valence-corrected chi connectivity index (χ2v) is 7.33. The first-order chi connectivity index (χ1) is 14.9. The van der Waals surface area contributed by atoms with Crippen LogP contribution in [0.5, 0.6) is 11.5 Å². The molecule has 9 heteroatoms. The standard InChI is InChI=1S/C22H21BrN2O6/c1-28-17-10-15(22(27)30-3)16(11-18(17)29-2)25-20(26)8-9-21-24-12-19(31-21)13-4-6-14(23)7-5-13/h4-7,10-12H,8-9H2,1-3H3,(H,25,26). The van der Waals surface area contributed by atoms with E-state index >= 15 is 0 Å². The van der Waals surface area contributed by atoms with Crippen LogP contribution in [0.4, 0.5) is 5.69 Å². The number of anilines is 1. The lowest BCUT2D eigenvalue weighted by Crippen LogP contribution is -2.16. The normalized spacial score (nSPS) is 10.5. The van der Waals surface area contributed by atoms with E-state index in [0.29, 0.717) is 29.6 Å². The molecule has 2 aromatic carbocycles. The first-order valence-corrected chi connectivity index (χ1v) is 10.1. The summed E-state index contributed by atoms with van der Waals surface area (Å²) in [5.74, 6) is 0.853. The summed E-state index contributed by atoms with van der Waals surface area (Å²) in [4.78, 5) is 28.9. The molecule has 0 atom stereocenters. The predicted molar refractivity (Wildman–Crippen MR) is 117 cm³/mol. The highest BCUT2D eigenvalue weighted by molar-refractivity contribution is 9.10. The Labute approximate surface area is 187 Å². The van der Waals surface area contributed by atoms with Gasteiger partial charge in [0.25, 0.3) is 0 Å². The van der Waals surface area contributed by atoms with E-state index in [9.17, 15) is 9.59 Å². The second kappa shape index (κ2) is 10.1. The van der Waals surface area contributed by atoms with E-state index < -0.39 is 5.97 Å². The summed E-state index contributed by atoms with van der Waals surface area (Å²) in [5, 5.41) is 2.72. The van der Waals surface area contributed by atoms with Gasteiger partial charge in [0.15, 0.2) is 23.1 Å². The molecule has 1 amide bonds. The molecule has 162 valence electrons. The van der Waals surface area contributed by atoms with Gasteiger partial charge in [0.05, 0.1) is 38.8 Å². The molecule has 0 aliphatic heterocycles. The van der Waals surface area contributed by atoms with Gasteiger partial charge in [-0.3, -0.25) is 4.79 Å². The highest BCUT2D eigenvalue weighted by atomic mass is 79.9. The van der Waals surface area contributed by atoms with E-state index in [1.165, 1.54) is 33.5 Å². The van der Waals surface area contributed by atoms with Crippen molar-refractivity contribution in [3.63, 3.8) is 0 Å². The van der Waals surface area contributed by atoms with Gasteiger partial charge in [-0.1, -0.05) is 28.1 Å². The summed E-state index contributed by atoms with van der Waals surface area (Å²) in [6, 6.07) is 10.6. The molecule has 0 aliphatic carbocycles. The number of nitrogens with one attached hydrogen (secondary N) is 1. The zero-order valence-corrected chi connectivity index (χ0v) is 18.8. The molecule has 0 saturated carbocycles. The number of ether oxygens (including phenoxy) is 3. The highest BCUT2D eigenvalue weighted by Crippen LogP contribution is 2.34. The molecule has 0 aliphatic rings. The molecule has 3 aromatic rings. The number of halogens is 1. The van der Waals surface area contributed by atoms with Crippen LogP contribution in [0.25, 0.3) is 11.3 Å². The monoisotopic (exact) mass is 488 g/mol. The fourth-order valence-corrected chi connectivity index (χ4v) is 3.13. The van der Waals surface area contributed by atoms with Crippen LogP contribution in [-0.2, 0) is 16.0 Å². The average molecular weight is 489 g/mol. The molecule has 1 heterocycles. The number of aryl methyl sites for hydroxylation is 1. The van der Waals surface area contributed by atoms with E-state index in [2.05, 4.69) is 26.2 Å². The molecular weight excluding hydrogens is 468 g/mol. The maximum absolute atomic E-state index is 12.5. The van der Waals surface area contributed by atoms with Crippen molar-refractivity contribution < 1.29 is 28.2 Å². The summed E-state index contributed by atoms with van der Waals surface area (Å²) in [6.07, 6.45) is 2.03. The Balaban J connectivity index is 1.69. The van der Waals surface area contributed by atoms with Crippen LogP contribution in [0.1, 0.15) is 22.7 Å². The van der Waals surface area contributed by atoms with Crippen molar-refractivity contribution in [3.05, 3.63) is 58.5 Å². The number of aromatic nitrogens is 1. The lowest BCUT2D eigenvalue weighted by Gasteiger charge is -2.14. The van der Waals surface area contributed by atoms with Crippen molar-refractivity contribution in [1.29, 1.82) is 0 Å². The van der Waals surface area contributed by atoms with Crippen LogP contribution in [0.2, 0.25) is 0 Å². The molecule has 0 saturated heterocycles. The lowest BCUT2D eigenvalue weighted by molar-refractivity contribution is -0.116. The Morgan fingerprint density at radius 3 is 2.39 bits per heavy atom. The largest absolute Gasteiger partial charge is 0.493 e. The molecule has 1 N–H and O–H groups in total. The van der Waals surface area contributed by atoms with E-state index in [1.807, 2.05) is 24.3 Å². The van der Waals surface area contributed by atoms with Crippen LogP contribution in [-0.4, -0.2) is 38.2 Å². The number of nitrogens with zero attached hydrogens (tertiary/aromatic N) is 1. The lowest BCUT2D eigenvalue weighted by atomic mass is 10.1. The Morgan fingerprint density at radius 1 is 1.06 bits per heavy atom. The zero-order chi connectivity index (χ0) is 22.4.